The molecule has 3 aromatic rings. The Morgan fingerprint density at radius 1 is 1.29 bits per heavy atom. The van der Waals surface area contributed by atoms with Gasteiger partial charge in [0.05, 0.1) is 23.7 Å². The standard InChI is InChI=1S/C23H27N3O2/c1-3-15(2)22(23-24-18-6-4-5-7-19(18)25-23)26-21(27)11-9-16-8-10-20-17(14-16)12-13-28-20/h4-8,10,14-15,22H,3,9,11-13H2,1-2H3,(H,24,25)(H,26,27)/t15-,22-/m0/s1. The molecule has 4 rings (SSSR count). The van der Waals surface area contributed by atoms with Crippen molar-refractivity contribution in [1.82, 2.24) is 15.3 Å². The van der Waals surface area contributed by atoms with E-state index >= 15 is 0 Å². The van der Waals surface area contributed by atoms with E-state index in [2.05, 4.69) is 36.3 Å². The number of nitrogens with one attached hydrogen (secondary N) is 2. The van der Waals surface area contributed by atoms with Crippen LogP contribution in [0.3, 0.4) is 0 Å². The molecule has 0 radical (unpaired) electrons. The number of rotatable bonds is 7. The van der Waals surface area contributed by atoms with Crippen molar-refractivity contribution >= 4 is 16.9 Å². The highest BCUT2D eigenvalue weighted by Crippen LogP contribution is 2.27. The zero-order chi connectivity index (χ0) is 19.5. The van der Waals surface area contributed by atoms with Crippen LogP contribution in [0.25, 0.3) is 11.0 Å². The van der Waals surface area contributed by atoms with Gasteiger partial charge in [0.2, 0.25) is 5.91 Å². The summed E-state index contributed by atoms with van der Waals surface area (Å²) in [4.78, 5) is 20.8. The van der Waals surface area contributed by atoms with Crippen LogP contribution in [0.1, 0.15) is 49.7 Å². The number of carbonyl (C=O) groups excluding carboxylic acids is 1. The Balaban J connectivity index is 1.43. The topological polar surface area (TPSA) is 67.0 Å². The average Bonchev–Trinajstić information content (AvgIpc) is 3.35. The third-order valence-electron chi connectivity index (χ3n) is 5.63. The first-order valence-electron chi connectivity index (χ1n) is 10.1. The highest BCUT2D eigenvalue weighted by molar-refractivity contribution is 5.77. The first-order valence-corrected chi connectivity index (χ1v) is 10.1. The van der Waals surface area contributed by atoms with E-state index in [0.717, 1.165) is 48.5 Å². The highest BCUT2D eigenvalue weighted by atomic mass is 16.5. The van der Waals surface area contributed by atoms with E-state index in [9.17, 15) is 4.79 Å². The van der Waals surface area contributed by atoms with Gasteiger partial charge in [-0.2, -0.15) is 0 Å². The van der Waals surface area contributed by atoms with E-state index < -0.39 is 0 Å². The fourth-order valence-corrected chi connectivity index (χ4v) is 3.73. The number of fused-ring (bicyclic) bond motifs is 2. The van der Waals surface area contributed by atoms with Crippen molar-refractivity contribution in [1.29, 1.82) is 0 Å². The van der Waals surface area contributed by atoms with Crippen LogP contribution >= 0.6 is 0 Å². The molecule has 0 saturated heterocycles. The second kappa shape index (κ2) is 8.05. The van der Waals surface area contributed by atoms with Crippen LogP contribution < -0.4 is 10.1 Å². The van der Waals surface area contributed by atoms with Gasteiger partial charge in [-0.05, 0) is 41.7 Å². The number of aromatic amines is 1. The lowest BCUT2D eigenvalue weighted by atomic mass is 9.98. The van der Waals surface area contributed by atoms with Crippen molar-refractivity contribution in [2.24, 2.45) is 5.92 Å². The Labute approximate surface area is 165 Å². The van der Waals surface area contributed by atoms with E-state index in [0.29, 0.717) is 12.3 Å². The predicted molar refractivity (Wildman–Crippen MR) is 110 cm³/mol. The molecule has 0 unspecified atom stereocenters. The van der Waals surface area contributed by atoms with Crippen LogP contribution in [-0.4, -0.2) is 22.5 Å². The predicted octanol–water partition coefficient (Wildman–Crippen LogP) is 4.33. The van der Waals surface area contributed by atoms with Gasteiger partial charge in [0.15, 0.2) is 0 Å². The van der Waals surface area contributed by atoms with Gasteiger partial charge in [-0.1, -0.05) is 44.5 Å². The zero-order valence-electron chi connectivity index (χ0n) is 16.5. The van der Waals surface area contributed by atoms with E-state index in [4.69, 9.17) is 9.72 Å². The molecule has 1 amide bonds. The molecule has 2 atom stereocenters. The van der Waals surface area contributed by atoms with Gasteiger partial charge in [-0.3, -0.25) is 4.79 Å². The molecule has 2 aromatic carbocycles. The van der Waals surface area contributed by atoms with E-state index in [1.54, 1.807) is 0 Å². The maximum absolute atomic E-state index is 12.7. The Morgan fingerprint density at radius 3 is 2.96 bits per heavy atom. The van der Waals surface area contributed by atoms with Crippen molar-refractivity contribution in [2.45, 2.75) is 45.6 Å². The van der Waals surface area contributed by atoms with Crippen LogP contribution in [0.5, 0.6) is 5.75 Å². The number of ether oxygens (including phenoxy) is 1. The molecule has 0 fully saturated rings. The number of benzene rings is 2. The number of para-hydroxylation sites is 2. The minimum atomic E-state index is -0.113. The fraction of sp³-hybridized carbons (Fsp3) is 0.391. The summed E-state index contributed by atoms with van der Waals surface area (Å²) in [6.07, 6.45) is 3.11. The number of carbonyl (C=O) groups is 1. The Morgan fingerprint density at radius 2 is 2.14 bits per heavy atom. The lowest BCUT2D eigenvalue weighted by Gasteiger charge is -2.22. The number of amides is 1. The molecule has 0 aliphatic carbocycles. The Kier molecular flexibility index (Phi) is 5.33. The molecular formula is C23H27N3O2. The van der Waals surface area contributed by atoms with Crippen LogP contribution in [0.15, 0.2) is 42.5 Å². The number of aromatic nitrogens is 2. The van der Waals surface area contributed by atoms with Gasteiger partial charge < -0.3 is 15.0 Å². The monoisotopic (exact) mass is 377 g/mol. The van der Waals surface area contributed by atoms with Crippen LogP contribution in [0.4, 0.5) is 0 Å². The van der Waals surface area contributed by atoms with Gasteiger partial charge in [-0.15, -0.1) is 0 Å². The molecule has 5 nitrogen and oxygen atoms in total. The summed E-state index contributed by atoms with van der Waals surface area (Å²) in [5.74, 6) is 2.16. The number of imidazole rings is 1. The molecule has 146 valence electrons. The lowest BCUT2D eigenvalue weighted by molar-refractivity contribution is -0.122. The summed E-state index contributed by atoms with van der Waals surface area (Å²) >= 11 is 0. The summed E-state index contributed by atoms with van der Waals surface area (Å²) in [7, 11) is 0. The second-order valence-electron chi connectivity index (χ2n) is 7.61. The van der Waals surface area contributed by atoms with E-state index in [1.165, 1.54) is 11.1 Å². The maximum atomic E-state index is 12.7. The molecule has 1 aromatic heterocycles. The molecule has 0 bridgehead atoms. The van der Waals surface area contributed by atoms with Crippen LogP contribution in [-0.2, 0) is 17.6 Å². The third kappa shape index (κ3) is 3.88. The smallest absolute Gasteiger partial charge is 0.220 e. The molecule has 2 N–H and O–H groups in total. The van der Waals surface area contributed by atoms with Crippen LogP contribution in [0.2, 0.25) is 0 Å². The van der Waals surface area contributed by atoms with Crippen LogP contribution in [0, 0.1) is 5.92 Å². The summed E-state index contributed by atoms with van der Waals surface area (Å²) in [5.41, 5.74) is 4.36. The van der Waals surface area contributed by atoms with E-state index in [-0.39, 0.29) is 11.9 Å². The lowest BCUT2D eigenvalue weighted by Crippen LogP contribution is -2.33. The number of hydrogen-bond donors (Lipinski definition) is 2. The maximum Gasteiger partial charge on any atom is 0.220 e. The summed E-state index contributed by atoms with van der Waals surface area (Å²) in [5, 5.41) is 3.21. The van der Waals surface area contributed by atoms with Crippen molar-refractivity contribution < 1.29 is 9.53 Å². The second-order valence-corrected chi connectivity index (χ2v) is 7.61. The zero-order valence-corrected chi connectivity index (χ0v) is 16.5. The summed E-state index contributed by atoms with van der Waals surface area (Å²) in [6.45, 7) is 5.05. The number of H-pyrrole nitrogens is 1. The number of aryl methyl sites for hydroxylation is 1. The van der Waals surface area contributed by atoms with Gasteiger partial charge in [-0.25, -0.2) is 4.98 Å². The third-order valence-corrected chi connectivity index (χ3v) is 5.63. The quantitative estimate of drug-likeness (QED) is 0.644. The van der Waals surface area contributed by atoms with Crippen molar-refractivity contribution in [3.63, 3.8) is 0 Å². The number of nitrogens with zero attached hydrogens (tertiary/aromatic N) is 1. The Hall–Kier alpha value is -2.82. The first-order chi connectivity index (χ1) is 13.6. The SMILES string of the molecule is CC[C@H](C)[C@H](NC(=O)CCc1ccc2c(c1)CCO2)c1nc2ccccc2[nH]1. The minimum absolute atomic E-state index is 0.0579. The summed E-state index contributed by atoms with van der Waals surface area (Å²) < 4.78 is 5.55. The van der Waals surface area contributed by atoms with Crippen molar-refractivity contribution in [2.75, 3.05) is 6.61 Å². The molecular weight excluding hydrogens is 350 g/mol. The van der Waals surface area contributed by atoms with Gasteiger partial charge in [0, 0.05) is 12.8 Å². The molecule has 0 saturated carbocycles. The Bertz CT molecular complexity index is 946. The minimum Gasteiger partial charge on any atom is -0.493 e. The molecule has 5 heteroatoms. The average molecular weight is 377 g/mol. The highest BCUT2D eigenvalue weighted by Gasteiger charge is 2.23. The number of hydrogen-bond acceptors (Lipinski definition) is 3. The van der Waals surface area contributed by atoms with Gasteiger partial charge in [0.25, 0.3) is 0 Å². The van der Waals surface area contributed by atoms with Crippen molar-refractivity contribution in [3.8, 4) is 5.75 Å². The van der Waals surface area contributed by atoms with Crippen molar-refractivity contribution in [3.05, 3.63) is 59.4 Å². The van der Waals surface area contributed by atoms with E-state index in [1.807, 2.05) is 30.3 Å². The normalized spacial score (nSPS) is 15.1. The van der Waals surface area contributed by atoms with Gasteiger partial charge in [0.1, 0.15) is 11.6 Å². The molecule has 0 spiro atoms. The molecule has 1 aliphatic rings. The molecule has 1 aliphatic heterocycles. The summed E-state index contributed by atoms with van der Waals surface area (Å²) in [6, 6.07) is 14.1. The largest absolute Gasteiger partial charge is 0.493 e. The fourth-order valence-electron chi connectivity index (χ4n) is 3.73. The first kappa shape index (κ1) is 18.5. The van der Waals surface area contributed by atoms with Gasteiger partial charge >= 0.3 is 0 Å². The molecule has 2 heterocycles. The molecule has 28 heavy (non-hydrogen) atoms.